The second kappa shape index (κ2) is 5.63. The minimum absolute atomic E-state index is 0.0108. The van der Waals surface area contributed by atoms with Crippen molar-refractivity contribution in [3.8, 4) is 6.07 Å². The Morgan fingerprint density at radius 1 is 1.52 bits per heavy atom. The highest BCUT2D eigenvalue weighted by Crippen LogP contribution is 2.16. The largest absolute Gasteiger partial charge is 0.396 e. The van der Waals surface area contributed by atoms with Gasteiger partial charge in [0.1, 0.15) is 18.4 Å². The second-order valence-electron chi connectivity index (χ2n) is 4.60. The number of aryl methyl sites for hydroxylation is 1. The third kappa shape index (κ3) is 3.00. The fourth-order valence-electron chi connectivity index (χ4n) is 1.89. The van der Waals surface area contributed by atoms with Gasteiger partial charge in [0.2, 0.25) is 5.91 Å². The molecule has 0 aliphatic carbocycles. The number of amides is 1. The fourth-order valence-corrected chi connectivity index (χ4v) is 1.89. The molecule has 0 saturated carbocycles. The van der Waals surface area contributed by atoms with Crippen LogP contribution in [0, 0.1) is 31.0 Å². The zero-order valence-electron chi connectivity index (χ0n) is 11.6. The van der Waals surface area contributed by atoms with Gasteiger partial charge in [-0.25, -0.2) is 4.39 Å². The maximum atomic E-state index is 13.2. The highest BCUT2D eigenvalue weighted by molar-refractivity contribution is 5.90. The minimum Gasteiger partial charge on any atom is -0.396 e. The zero-order chi connectivity index (χ0) is 15.6. The molecule has 0 bridgehead atoms. The van der Waals surface area contributed by atoms with Crippen LogP contribution in [-0.2, 0) is 11.3 Å². The Hall–Kier alpha value is -2.88. The van der Waals surface area contributed by atoms with Crippen molar-refractivity contribution in [3.63, 3.8) is 0 Å². The van der Waals surface area contributed by atoms with Gasteiger partial charge in [-0.2, -0.15) is 10.4 Å². The lowest BCUT2D eigenvalue weighted by Crippen LogP contribution is -2.20. The third-order valence-electron chi connectivity index (χ3n) is 3.10. The molecular formula is C14H14FN5O. The van der Waals surface area contributed by atoms with E-state index >= 15 is 0 Å². The number of aromatic nitrogens is 2. The monoisotopic (exact) mass is 287 g/mol. The molecule has 1 aromatic carbocycles. The van der Waals surface area contributed by atoms with Crippen LogP contribution in [0.15, 0.2) is 18.2 Å². The molecule has 0 radical (unpaired) electrons. The first-order valence-electron chi connectivity index (χ1n) is 6.21. The average Bonchev–Trinajstić information content (AvgIpc) is 2.68. The molecule has 0 saturated heterocycles. The number of nitrogens with one attached hydrogen (secondary N) is 1. The number of nitrogens with two attached hydrogens (primary N) is 1. The summed E-state index contributed by atoms with van der Waals surface area (Å²) in [6.45, 7) is 3.52. The van der Waals surface area contributed by atoms with Crippen molar-refractivity contribution in [2.45, 2.75) is 20.4 Å². The SMILES string of the molecule is Cc1nn(CC(=O)Nc2ccc(F)c(C#N)c2)c(C)c1N. The van der Waals surface area contributed by atoms with E-state index in [4.69, 9.17) is 11.0 Å². The lowest BCUT2D eigenvalue weighted by Gasteiger charge is -2.07. The van der Waals surface area contributed by atoms with E-state index in [1.807, 2.05) is 0 Å². The van der Waals surface area contributed by atoms with Crippen molar-refractivity contribution in [1.82, 2.24) is 9.78 Å². The predicted molar refractivity (Wildman–Crippen MR) is 75.9 cm³/mol. The smallest absolute Gasteiger partial charge is 0.246 e. The molecule has 7 heteroatoms. The first-order chi connectivity index (χ1) is 9.92. The second-order valence-corrected chi connectivity index (χ2v) is 4.60. The number of benzene rings is 1. The van der Waals surface area contributed by atoms with Crippen LogP contribution in [0.5, 0.6) is 0 Å². The summed E-state index contributed by atoms with van der Waals surface area (Å²) in [5.41, 5.74) is 7.95. The number of rotatable bonds is 3. The number of hydrogen-bond acceptors (Lipinski definition) is 4. The predicted octanol–water partition coefficient (Wildman–Crippen LogP) is 1.73. The molecule has 0 fully saturated rings. The maximum absolute atomic E-state index is 13.2. The Balaban J connectivity index is 2.12. The van der Waals surface area contributed by atoms with Crippen LogP contribution >= 0.6 is 0 Å². The van der Waals surface area contributed by atoms with Gasteiger partial charge in [0.15, 0.2) is 0 Å². The molecule has 0 atom stereocenters. The summed E-state index contributed by atoms with van der Waals surface area (Å²) in [5, 5.41) is 15.5. The van der Waals surface area contributed by atoms with Crippen LogP contribution in [0.3, 0.4) is 0 Å². The standard InChI is InChI=1S/C14H14FN5O/c1-8-14(17)9(2)20(19-8)7-13(21)18-11-3-4-12(15)10(5-11)6-16/h3-5H,7,17H2,1-2H3,(H,18,21). The lowest BCUT2D eigenvalue weighted by molar-refractivity contribution is -0.116. The topological polar surface area (TPSA) is 96.7 Å². The zero-order valence-corrected chi connectivity index (χ0v) is 11.6. The van der Waals surface area contributed by atoms with E-state index in [1.54, 1.807) is 19.9 Å². The van der Waals surface area contributed by atoms with Gasteiger partial charge in [0.25, 0.3) is 0 Å². The number of carbonyl (C=O) groups is 1. The van der Waals surface area contributed by atoms with Gasteiger partial charge in [-0.15, -0.1) is 0 Å². The highest BCUT2D eigenvalue weighted by atomic mass is 19.1. The Kier molecular flexibility index (Phi) is 3.89. The van der Waals surface area contributed by atoms with Gasteiger partial charge in [-0.05, 0) is 32.0 Å². The molecule has 2 aromatic rings. The third-order valence-corrected chi connectivity index (χ3v) is 3.10. The van der Waals surface area contributed by atoms with E-state index in [9.17, 15) is 9.18 Å². The first kappa shape index (κ1) is 14.5. The molecule has 108 valence electrons. The summed E-state index contributed by atoms with van der Waals surface area (Å²) in [6.07, 6.45) is 0. The maximum Gasteiger partial charge on any atom is 0.246 e. The number of nitrogen functional groups attached to an aromatic ring is 1. The summed E-state index contributed by atoms with van der Waals surface area (Å²) in [5.74, 6) is -0.960. The molecule has 1 heterocycles. The highest BCUT2D eigenvalue weighted by Gasteiger charge is 2.12. The number of anilines is 2. The van der Waals surface area contributed by atoms with E-state index < -0.39 is 5.82 Å². The summed E-state index contributed by atoms with van der Waals surface area (Å²) in [4.78, 5) is 11.9. The quantitative estimate of drug-likeness (QED) is 0.898. The van der Waals surface area contributed by atoms with E-state index in [1.165, 1.54) is 16.8 Å². The fraction of sp³-hybridized carbons (Fsp3) is 0.214. The van der Waals surface area contributed by atoms with Crippen LogP contribution in [-0.4, -0.2) is 15.7 Å². The summed E-state index contributed by atoms with van der Waals surface area (Å²) in [7, 11) is 0. The Morgan fingerprint density at radius 3 is 2.81 bits per heavy atom. The van der Waals surface area contributed by atoms with Crippen molar-refractivity contribution in [3.05, 3.63) is 41.0 Å². The summed E-state index contributed by atoms with van der Waals surface area (Å²) >= 11 is 0. The number of halogens is 1. The Labute approximate surface area is 121 Å². The lowest BCUT2D eigenvalue weighted by atomic mass is 10.2. The van der Waals surface area contributed by atoms with Crippen LogP contribution < -0.4 is 11.1 Å². The van der Waals surface area contributed by atoms with Gasteiger partial charge < -0.3 is 11.1 Å². The normalized spacial score (nSPS) is 10.2. The van der Waals surface area contributed by atoms with Crippen LogP contribution in [0.25, 0.3) is 0 Å². The number of nitriles is 1. The van der Waals surface area contributed by atoms with E-state index in [2.05, 4.69) is 10.4 Å². The molecule has 6 nitrogen and oxygen atoms in total. The molecule has 0 aliphatic rings. The van der Waals surface area contributed by atoms with Crippen LogP contribution in [0.2, 0.25) is 0 Å². The molecule has 0 unspecified atom stereocenters. The molecular weight excluding hydrogens is 273 g/mol. The molecule has 1 aromatic heterocycles. The van der Waals surface area contributed by atoms with Crippen LogP contribution in [0.1, 0.15) is 17.0 Å². The molecule has 21 heavy (non-hydrogen) atoms. The minimum atomic E-state index is -0.623. The van der Waals surface area contributed by atoms with Gasteiger partial charge in [0.05, 0.1) is 22.6 Å². The van der Waals surface area contributed by atoms with E-state index in [-0.39, 0.29) is 18.0 Å². The van der Waals surface area contributed by atoms with Gasteiger partial charge >= 0.3 is 0 Å². The first-order valence-corrected chi connectivity index (χ1v) is 6.21. The average molecular weight is 287 g/mol. The molecule has 1 amide bonds. The van der Waals surface area contributed by atoms with Crippen LogP contribution in [0.4, 0.5) is 15.8 Å². The van der Waals surface area contributed by atoms with E-state index in [0.29, 0.717) is 22.8 Å². The van der Waals surface area contributed by atoms with Crippen molar-refractivity contribution in [2.24, 2.45) is 0 Å². The van der Waals surface area contributed by atoms with Crippen molar-refractivity contribution in [2.75, 3.05) is 11.1 Å². The van der Waals surface area contributed by atoms with Gasteiger partial charge in [-0.1, -0.05) is 0 Å². The summed E-state index contributed by atoms with van der Waals surface area (Å²) in [6, 6.07) is 5.53. The number of hydrogen-bond donors (Lipinski definition) is 2. The van der Waals surface area contributed by atoms with Gasteiger partial charge in [0, 0.05) is 5.69 Å². The Bertz CT molecular complexity index is 745. The molecule has 0 spiro atoms. The number of nitrogens with zero attached hydrogens (tertiary/aromatic N) is 3. The summed E-state index contributed by atoms with van der Waals surface area (Å²) < 4.78 is 14.7. The van der Waals surface area contributed by atoms with Crippen molar-refractivity contribution < 1.29 is 9.18 Å². The molecule has 0 aliphatic heterocycles. The molecule has 2 rings (SSSR count). The Morgan fingerprint density at radius 2 is 2.24 bits per heavy atom. The van der Waals surface area contributed by atoms with Crippen molar-refractivity contribution >= 4 is 17.3 Å². The van der Waals surface area contributed by atoms with Gasteiger partial charge in [-0.3, -0.25) is 9.48 Å². The van der Waals surface area contributed by atoms with E-state index in [0.717, 1.165) is 6.07 Å². The number of carbonyl (C=O) groups excluding carboxylic acids is 1. The van der Waals surface area contributed by atoms with Crippen molar-refractivity contribution in [1.29, 1.82) is 5.26 Å². The molecule has 3 N–H and O–H groups in total.